The Labute approximate surface area is 58.4 Å². The van der Waals surface area contributed by atoms with E-state index in [4.69, 9.17) is 0 Å². The topological polar surface area (TPSA) is 12.0 Å². The van der Waals surface area contributed by atoms with Gasteiger partial charge in [-0.05, 0) is 6.16 Å². The molecule has 48 valence electrons. The van der Waals surface area contributed by atoms with Crippen molar-refractivity contribution in [2.75, 3.05) is 12.4 Å². The lowest BCUT2D eigenvalue weighted by Crippen LogP contribution is -2.28. The van der Waals surface area contributed by atoms with Gasteiger partial charge in [0.1, 0.15) is 0 Å². The molecule has 0 saturated carbocycles. The second-order valence-electron chi connectivity index (χ2n) is 1.90. The number of hydrogen-bond acceptors (Lipinski definition) is 1. The maximum Gasteiger partial charge on any atom is 0.0566 e. The van der Waals surface area contributed by atoms with Crippen molar-refractivity contribution in [3.8, 4) is 0 Å². The summed E-state index contributed by atoms with van der Waals surface area (Å²) in [6, 6.07) is 0. The van der Waals surface area contributed by atoms with E-state index in [9.17, 15) is 0 Å². The smallest absolute Gasteiger partial charge is 0.0566 e. The third kappa shape index (κ3) is 1.83. The van der Waals surface area contributed by atoms with Gasteiger partial charge in [0.05, 0.1) is 5.02 Å². The van der Waals surface area contributed by atoms with Gasteiger partial charge < -0.3 is 5.32 Å². The summed E-state index contributed by atoms with van der Waals surface area (Å²) in [5.41, 5.74) is 0. The molecule has 1 N–H and O–H groups in total. The molecule has 1 rings (SSSR count). The molecular formula is C3H11NP4. The van der Waals surface area contributed by atoms with Crippen molar-refractivity contribution in [1.82, 2.24) is 5.32 Å². The van der Waals surface area contributed by atoms with Crippen LogP contribution in [0.2, 0.25) is 0 Å². The van der Waals surface area contributed by atoms with Crippen LogP contribution in [-0.2, 0) is 0 Å². The van der Waals surface area contributed by atoms with Crippen LogP contribution in [0.15, 0.2) is 0 Å². The summed E-state index contributed by atoms with van der Waals surface area (Å²) in [5.74, 6) is 0. The molecule has 0 aromatic heterocycles. The van der Waals surface area contributed by atoms with Crippen LogP contribution in [0.5, 0.6) is 0 Å². The van der Waals surface area contributed by atoms with E-state index >= 15 is 0 Å². The van der Waals surface area contributed by atoms with Crippen LogP contribution in [0.4, 0.5) is 0 Å². The summed E-state index contributed by atoms with van der Waals surface area (Å²) >= 11 is 0. The highest BCUT2D eigenvalue weighted by molar-refractivity contribution is 8.05. The van der Waals surface area contributed by atoms with Gasteiger partial charge in [0, 0.05) is 6.29 Å². The summed E-state index contributed by atoms with van der Waals surface area (Å²) in [5, 5.41) is 3.86. The Morgan fingerprint density at radius 3 is 2.75 bits per heavy atom. The average molecular weight is 185 g/mol. The first-order chi connectivity index (χ1) is 3.77. The zero-order chi connectivity index (χ0) is 6.04. The van der Waals surface area contributed by atoms with Gasteiger partial charge in [0.25, 0.3) is 0 Å². The van der Waals surface area contributed by atoms with Gasteiger partial charge in [-0.2, -0.15) is 0 Å². The molecule has 0 aromatic carbocycles. The van der Waals surface area contributed by atoms with Crippen LogP contribution in [0.1, 0.15) is 0 Å². The molecule has 0 spiro atoms. The van der Waals surface area contributed by atoms with E-state index in [2.05, 4.69) is 23.5 Å². The van der Waals surface area contributed by atoms with Crippen LogP contribution in [0.3, 0.4) is 0 Å². The molecule has 0 amide bonds. The predicted octanol–water partition coefficient (Wildman–Crippen LogP) is 1.22. The molecule has 8 heavy (non-hydrogen) atoms. The molecule has 1 fully saturated rings. The van der Waals surface area contributed by atoms with Crippen molar-refractivity contribution in [3.63, 3.8) is 0 Å². The van der Waals surface area contributed by atoms with Crippen molar-refractivity contribution in [2.45, 2.75) is 5.02 Å². The molecule has 4 unspecified atom stereocenters. The molecule has 1 nitrogen and oxygen atoms in total. The summed E-state index contributed by atoms with van der Waals surface area (Å²) in [7, 11) is 7.77. The third-order valence-electron chi connectivity index (χ3n) is 1.19. The maximum atomic E-state index is 3.45. The first-order valence-corrected chi connectivity index (χ1v) is 7.29. The van der Waals surface area contributed by atoms with E-state index in [-0.39, 0.29) is 0 Å². The van der Waals surface area contributed by atoms with Crippen LogP contribution in [0, 0.1) is 0 Å². The Morgan fingerprint density at radius 2 is 2.50 bits per heavy atom. The lowest BCUT2D eigenvalue weighted by atomic mass is 10.7. The molecule has 0 radical (unpaired) electrons. The third-order valence-corrected chi connectivity index (χ3v) is 7.51. The maximum absolute atomic E-state index is 3.45. The second kappa shape index (κ2) is 3.18. The molecule has 5 atom stereocenters. The van der Waals surface area contributed by atoms with Gasteiger partial charge in [0.2, 0.25) is 0 Å². The van der Waals surface area contributed by atoms with Crippen LogP contribution >= 0.6 is 35.0 Å². The van der Waals surface area contributed by atoms with Gasteiger partial charge in [-0.3, -0.25) is 0 Å². The van der Waals surface area contributed by atoms with Gasteiger partial charge in [0.15, 0.2) is 0 Å². The zero-order valence-corrected chi connectivity index (χ0v) is 8.88. The number of hydrogen-bond donors (Lipinski definition) is 1. The fourth-order valence-corrected chi connectivity index (χ4v) is 4.84. The van der Waals surface area contributed by atoms with Crippen molar-refractivity contribution in [1.29, 1.82) is 0 Å². The standard InChI is InChI=1S/C3H11NP4/c5-3(8-6)1-7-2-4-3/h4,7-8H,1-2,5-6H2/t3-/m1/s1. The van der Waals surface area contributed by atoms with E-state index in [1.165, 1.54) is 12.4 Å². The van der Waals surface area contributed by atoms with Crippen LogP contribution < -0.4 is 5.32 Å². The molecule has 0 aromatic rings. The van der Waals surface area contributed by atoms with Crippen LogP contribution in [-0.4, -0.2) is 17.5 Å². The average Bonchev–Trinajstić information content (AvgIpc) is 2.17. The summed E-state index contributed by atoms with van der Waals surface area (Å²) in [4.78, 5) is 0. The van der Waals surface area contributed by atoms with E-state index in [1.807, 2.05) is 0 Å². The summed E-state index contributed by atoms with van der Waals surface area (Å²) in [6.07, 6.45) is 2.57. The van der Waals surface area contributed by atoms with Crippen LogP contribution in [0.25, 0.3) is 0 Å². The first-order valence-electron chi connectivity index (χ1n) is 2.49. The molecule has 1 aliphatic rings. The Kier molecular flexibility index (Phi) is 3.10. The highest BCUT2D eigenvalue weighted by Gasteiger charge is 2.25. The molecule has 0 bridgehead atoms. The van der Waals surface area contributed by atoms with Crippen molar-refractivity contribution < 1.29 is 0 Å². The van der Waals surface area contributed by atoms with Gasteiger partial charge in [-0.25, -0.2) is 0 Å². The molecule has 1 heterocycles. The Bertz CT molecular complexity index is 79.4. The minimum Gasteiger partial charge on any atom is -0.300 e. The Hall–Kier alpha value is 1.68. The minimum atomic E-state index is 0.406. The first kappa shape index (κ1) is 7.78. The van der Waals surface area contributed by atoms with E-state index in [1.54, 1.807) is 0 Å². The quantitative estimate of drug-likeness (QED) is 0.605. The predicted molar refractivity (Wildman–Crippen MR) is 51.7 cm³/mol. The lowest BCUT2D eigenvalue weighted by Gasteiger charge is -2.20. The van der Waals surface area contributed by atoms with Gasteiger partial charge in [-0.1, -0.05) is 8.27 Å². The van der Waals surface area contributed by atoms with Gasteiger partial charge >= 0.3 is 0 Å². The second-order valence-corrected chi connectivity index (χ2v) is 6.71. The summed E-state index contributed by atoms with van der Waals surface area (Å²) < 4.78 is 0. The SMILES string of the molecule is PP[C@]1(P)CPCN1. The Balaban J connectivity index is 2.40. The van der Waals surface area contributed by atoms with Crippen molar-refractivity contribution in [3.05, 3.63) is 0 Å². The molecule has 1 aliphatic heterocycles. The number of rotatable bonds is 1. The van der Waals surface area contributed by atoms with E-state index in [0.29, 0.717) is 5.02 Å². The lowest BCUT2D eigenvalue weighted by molar-refractivity contribution is 0.776. The van der Waals surface area contributed by atoms with E-state index in [0.717, 1.165) is 16.9 Å². The van der Waals surface area contributed by atoms with Crippen molar-refractivity contribution in [2.24, 2.45) is 0 Å². The summed E-state index contributed by atoms with van der Waals surface area (Å²) in [6.45, 7) is 0. The normalized spacial score (nSPS) is 42.8. The molecule has 1 saturated heterocycles. The molecular weight excluding hydrogens is 174 g/mol. The fraction of sp³-hybridized carbons (Fsp3) is 1.00. The minimum absolute atomic E-state index is 0.406. The largest absolute Gasteiger partial charge is 0.300 e. The Morgan fingerprint density at radius 1 is 1.75 bits per heavy atom. The number of nitrogens with one attached hydrogen (secondary N) is 1. The fourth-order valence-electron chi connectivity index (χ4n) is 0.644. The molecule has 5 heteroatoms. The van der Waals surface area contributed by atoms with Gasteiger partial charge in [-0.15, -0.1) is 26.7 Å². The highest BCUT2D eigenvalue weighted by Crippen LogP contribution is 2.48. The molecule has 0 aliphatic carbocycles. The monoisotopic (exact) mass is 185 g/mol. The van der Waals surface area contributed by atoms with E-state index < -0.39 is 0 Å². The zero-order valence-electron chi connectivity index (χ0n) is 4.57. The highest BCUT2D eigenvalue weighted by atomic mass is 32.0. The van der Waals surface area contributed by atoms with Crippen molar-refractivity contribution >= 4 is 35.0 Å².